The van der Waals surface area contributed by atoms with Crippen LogP contribution in [0.3, 0.4) is 0 Å². The largest absolute Gasteiger partial charge is 0.488 e. The Morgan fingerprint density at radius 1 is 1.11 bits per heavy atom. The maximum atomic E-state index is 11.6. The Labute approximate surface area is 161 Å². The Morgan fingerprint density at radius 3 is 2.54 bits per heavy atom. The number of hydrazone groups is 1. The Kier molecular flexibility index (Phi) is 6.01. The minimum absolute atomic E-state index is 0.0299. The summed E-state index contributed by atoms with van der Waals surface area (Å²) >= 11 is 0. The van der Waals surface area contributed by atoms with Gasteiger partial charge in [-0.25, -0.2) is 10.2 Å². The molecule has 0 unspecified atom stereocenters. The number of carboxylic acid groups (broad SMARTS) is 1. The number of carboxylic acids is 1. The molecule has 1 saturated carbocycles. The molecule has 3 N–H and O–H groups in total. The number of nitrogens with zero attached hydrogens (tertiary/aromatic N) is 1. The Balaban J connectivity index is 1.62. The van der Waals surface area contributed by atoms with Gasteiger partial charge in [-0.1, -0.05) is 30.3 Å². The maximum Gasteiger partial charge on any atom is 0.339 e. The van der Waals surface area contributed by atoms with Crippen molar-refractivity contribution in [2.45, 2.75) is 25.5 Å². The smallest absolute Gasteiger partial charge is 0.339 e. The van der Waals surface area contributed by atoms with Crippen molar-refractivity contribution in [3.8, 4) is 5.75 Å². The fourth-order valence-electron chi connectivity index (χ4n) is 2.35. The molecule has 0 radical (unpaired) electrons. The molecule has 3 rings (SSSR count). The molecule has 2 aromatic carbocycles. The van der Waals surface area contributed by atoms with Crippen LogP contribution in [0.2, 0.25) is 0 Å². The summed E-state index contributed by atoms with van der Waals surface area (Å²) in [6.45, 7) is 0.237. The summed E-state index contributed by atoms with van der Waals surface area (Å²) in [6.07, 6.45) is 3.01. The summed E-state index contributed by atoms with van der Waals surface area (Å²) in [5.41, 5.74) is 3.43. The van der Waals surface area contributed by atoms with Gasteiger partial charge in [0.05, 0.1) is 6.21 Å². The molecule has 1 aliphatic carbocycles. The second-order valence-corrected chi connectivity index (χ2v) is 6.28. The van der Waals surface area contributed by atoms with E-state index in [2.05, 4.69) is 15.8 Å². The molecule has 2 amide bonds. The van der Waals surface area contributed by atoms with Gasteiger partial charge in [-0.3, -0.25) is 9.59 Å². The lowest BCUT2D eigenvalue weighted by Crippen LogP contribution is -2.38. The highest BCUT2D eigenvalue weighted by Gasteiger charge is 2.26. The van der Waals surface area contributed by atoms with Gasteiger partial charge < -0.3 is 15.2 Å². The number of benzene rings is 2. The number of ether oxygens (including phenoxy) is 1. The normalized spacial score (nSPS) is 13.1. The van der Waals surface area contributed by atoms with Gasteiger partial charge in [0.2, 0.25) is 0 Å². The molecule has 0 aromatic heterocycles. The number of aromatic carboxylic acids is 1. The second kappa shape index (κ2) is 8.81. The summed E-state index contributed by atoms with van der Waals surface area (Å²) < 4.78 is 5.61. The number of rotatable bonds is 7. The molecule has 0 saturated heterocycles. The highest BCUT2D eigenvalue weighted by molar-refractivity contribution is 6.35. The molecule has 8 heteroatoms. The first-order chi connectivity index (χ1) is 13.5. The molecule has 0 bridgehead atoms. The Hall–Kier alpha value is -3.68. The average Bonchev–Trinajstić information content (AvgIpc) is 3.51. The van der Waals surface area contributed by atoms with E-state index in [1.165, 1.54) is 18.3 Å². The van der Waals surface area contributed by atoms with Crippen molar-refractivity contribution in [2.24, 2.45) is 5.10 Å². The van der Waals surface area contributed by atoms with E-state index >= 15 is 0 Å². The van der Waals surface area contributed by atoms with Gasteiger partial charge in [-0.05, 0) is 42.2 Å². The molecular formula is C20H19N3O5. The first-order valence-corrected chi connectivity index (χ1v) is 8.71. The Bertz CT molecular complexity index is 907. The van der Waals surface area contributed by atoms with Gasteiger partial charge in [0.15, 0.2) is 0 Å². The van der Waals surface area contributed by atoms with Crippen LogP contribution in [-0.4, -0.2) is 35.1 Å². The lowest BCUT2D eigenvalue weighted by molar-refractivity contribution is -0.139. The quantitative estimate of drug-likeness (QED) is 0.383. The monoisotopic (exact) mass is 381 g/mol. The zero-order valence-electron chi connectivity index (χ0n) is 14.9. The average molecular weight is 381 g/mol. The third-order valence-electron chi connectivity index (χ3n) is 3.97. The molecule has 1 aliphatic rings. The summed E-state index contributed by atoms with van der Waals surface area (Å²) in [6, 6.07) is 14.0. The van der Waals surface area contributed by atoms with Gasteiger partial charge in [-0.15, -0.1) is 0 Å². The van der Waals surface area contributed by atoms with Crippen molar-refractivity contribution in [1.82, 2.24) is 10.7 Å². The van der Waals surface area contributed by atoms with Crippen LogP contribution in [0.4, 0.5) is 0 Å². The van der Waals surface area contributed by atoms with Crippen LogP contribution < -0.4 is 15.5 Å². The van der Waals surface area contributed by atoms with Gasteiger partial charge >= 0.3 is 17.8 Å². The fourth-order valence-corrected chi connectivity index (χ4v) is 2.35. The van der Waals surface area contributed by atoms with Crippen LogP contribution in [0.5, 0.6) is 5.75 Å². The van der Waals surface area contributed by atoms with Crippen LogP contribution >= 0.6 is 0 Å². The van der Waals surface area contributed by atoms with Crippen molar-refractivity contribution >= 4 is 24.0 Å². The number of amides is 2. The maximum absolute atomic E-state index is 11.6. The zero-order chi connectivity index (χ0) is 19.9. The predicted molar refractivity (Wildman–Crippen MR) is 101 cm³/mol. The molecule has 28 heavy (non-hydrogen) atoms. The molecule has 0 heterocycles. The van der Waals surface area contributed by atoms with Gasteiger partial charge in [0.1, 0.15) is 17.9 Å². The van der Waals surface area contributed by atoms with Crippen molar-refractivity contribution in [3.63, 3.8) is 0 Å². The lowest BCUT2D eigenvalue weighted by Gasteiger charge is -2.10. The molecule has 8 nitrogen and oxygen atoms in total. The molecule has 0 aliphatic heterocycles. The molecule has 0 spiro atoms. The van der Waals surface area contributed by atoms with E-state index in [-0.39, 0.29) is 24.0 Å². The van der Waals surface area contributed by atoms with Crippen LogP contribution in [0.15, 0.2) is 53.6 Å². The first kappa shape index (κ1) is 19.1. The summed E-state index contributed by atoms with van der Waals surface area (Å²) in [4.78, 5) is 34.6. The van der Waals surface area contributed by atoms with Crippen LogP contribution in [0, 0.1) is 0 Å². The molecule has 1 fully saturated rings. The third-order valence-corrected chi connectivity index (χ3v) is 3.97. The third kappa shape index (κ3) is 5.41. The van der Waals surface area contributed by atoms with E-state index in [1.807, 2.05) is 30.3 Å². The number of nitrogens with one attached hydrogen (secondary N) is 2. The lowest BCUT2D eigenvalue weighted by atomic mass is 10.1. The van der Waals surface area contributed by atoms with E-state index in [9.17, 15) is 19.5 Å². The standard InChI is InChI=1S/C20H19N3O5/c24-18(22-15-7-8-15)19(25)23-21-11-14-6-9-17(16(10-14)20(26)27)28-12-13-4-2-1-3-5-13/h1-6,9-11,15H,7-8,12H2,(H,22,24)(H,23,25)(H,26,27)/b21-11-. The SMILES string of the molecule is O=C(N/N=C\c1ccc(OCc2ccccc2)c(C(=O)O)c1)C(=O)NC1CC1. The summed E-state index contributed by atoms with van der Waals surface area (Å²) in [7, 11) is 0. The van der Waals surface area contributed by atoms with Crippen molar-refractivity contribution < 1.29 is 24.2 Å². The van der Waals surface area contributed by atoms with Crippen LogP contribution in [-0.2, 0) is 16.2 Å². The minimum atomic E-state index is -1.15. The Morgan fingerprint density at radius 2 is 1.86 bits per heavy atom. The van der Waals surface area contributed by atoms with E-state index in [0.29, 0.717) is 5.56 Å². The van der Waals surface area contributed by atoms with Crippen molar-refractivity contribution in [3.05, 3.63) is 65.2 Å². The molecule has 144 valence electrons. The predicted octanol–water partition coefficient (Wildman–Crippen LogP) is 1.69. The minimum Gasteiger partial charge on any atom is -0.488 e. The highest BCUT2D eigenvalue weighted by Crippen LogP contribution is 2.21. The second-order valence-electron chi connectivity index (χ2n) is 6.28. The number of hydrogen-bond acceptors (Lipinski definition) is 5. The number of hydrogen-bond donors (Lipinski definition) is 3. The summed E-state index contributed by atoms with van der Waals surface area (Å²) in [5, 5.41) is 15.7. The van der Waals surface area contributed by atoms with Gasteiger partial charge in [0, 0.05) is 6.04 Å². The fraction of sp³-hybridized carbons (Fsp3) is 0.200. The highest BCUT2D eigenvalue weighted by atomic mass is 16.5. The topological polar surface area (TPSA) is 117 Å². The zero-order valence-corrected chi connectivity index (χ0v) is 14.9. The van der Waals surface area contributed by atoms with Crippen LogP contribution in [0.25, 0.3) is 0 Å². The van der Waals surface area contributed by atoms with E-state index in [0.717, 1.165) is 18.4 Å². The molecular weight excluding hydrogens is 362 g/mol. The molecule has 0 atom stereocenters. The number of carbonyl (C=O) groups excluding carboxylic acids is 2. The van der Waals surface area contributed by atoms with E-state index in [1.54, 1.807) is 6.07 Å². The van der Waals surface area contributed by atoms with Crippen molar-refractivity contribution in [2.75, 3.05) is 0 Å². The number of carbonyl (C=O) groups is 3. The van der Waals surface area contributed by atoms with Gasteiger partial charge in [-0.2, -0.15) is 5.10 Å². The first-order valence-electron chi connectivity index (χ1n) is 8.71. The van der Waals surface area contributed by atoms with E-state index < -0.39 is 17.8 Å². The van der Waals surface area contributed by atoms with Gasteiger partial charge in [0.25, 0.3) is 0 Å². The van der Waals surface area contributed by atoms with Crippen LogP contribution in [0.1, 0.15) is 34.3 Å². The van der Waals surface area contributed by atoms with E-state index in [4.69, 9.17) is 4.74 Å². The summed E-state index contributed by atoms with van der Waals surface area (Å²) in [5.74, 6) is -2.53. The molecule has 2 aromatic rings. The van der Waals surface area contributed by atoms with Crippen molar-refractivity contribution in [1.29, 1.82) is 0 Å².